The van der Waals surface area contributed by atoms with Crippen LogP contribution < -0.4 is 5.32 Å². The van der Waals surface area contributed by atoms with E-state index in [-0.39, 0.29) is 12.1 Å². The topological polar surface area (TPSA) is 69.6 Å². The Labute approximate surface area is 127 Å². The number of carbonyl (C=O) groups excluding carboxylic acids is 1. The molecule has 2 fully saturated rings. The highest BCUT2D eigenvalue weighted by Crippen LogP contribution is 2.34. The average Bonchev–Trinajstić information content (AvgIpc) is 3.19. The van der Waals surface area contributed by atoms with E-state index >= 15 is 0 Å². The Morgan fingerprint density at radius 3 is 2.48 bits per heavy atom. The second kappa shape index (κ2) is 6.24. The van der Waals surface area contributed by atoms with Gasteiger partial charge in [-0.3, -0.25) is 0 Å². The van der Waals surface area contributed by atoms with E-state index in [0.717, 1.165) is 19.4 Å². The van der Waals surface area contributed by atoms with Crippen LogP contribution in [0.25, 0.3) is 0 Å². The summed E-state index contributed by atoms with van der Waals surface area (Å²) in [7, 11) is 0. The van der Waals surface area contributed by atoms with E-state index in [0.29, 0.717) is 24.7 Å². The Balaban J connectivity index is 2.07. The summed E-state index contributed by atoms with van der Waals surface area (Å²) in [6, 6.07) is -0.120. The zero-order chi connectivity index (χ0) is 15.6. The van der Waals surface area contributed by atoms with Crippen LogP contribution in [-0.4, -0.2) is 40.1 Å². The van der Waals surface area contributed by atoms with Crippen molar-refractivity contribution in [2.24, 2.45) is 11.8 Å². The molecule has 0 aromatic carbocycles. The Hall–Kier alpha value is -1.26. The minimum Gasteiger partial charge on any atom is -0.480 e. The molecule has 0 aliphatic heterocycles. The lowest BCUT2D eigenvalue weighted by Crippen LogP contribution is -2.60. The van der Waals surface area contributed by atoms with Crippen LogP contribution in [0.5, 0.6) is 0 Å². The van der Waals surface area contributed by atoms with Crippen LogP contribution in [0, 0.1) is 11.8 Å². The van der Waals surface area contributed by atoms with Crippen molar-refractivity contribution in [1.29, 1.82) is 0 Å². The Kier molecular flexibility index (Phi) is 4.79. The molecule has 0 aromatic rings. The predicted octanol–water partition coefficient (Wildman–Crippen LogP) is 2.85. The Morgan fingerprint density at radius 2 is 2.00 bits per heavy atom. The van der Waals surface area contributed by atoms with E-state index in [2.05, 4.69) is 12.2 Å². The molecule has 2 amide bonds. The van der Waals surface area contributed by atoms with Crippen LogP contribution in [-0.2, 0) is 4.79 Å². The van der Waals surface area contributed by atoms with Crippen molar-refractivity contribution in [3.05, 3.63) is 0 Å². The molecule has 5 nitrogen and oxygen atoms in total. The first kappa shape index (κ1) is 16.1. The third-order valence-corrected chi connectivity index (χ3v) is 4.79. The van der Waals surface area contributed by atoms with Crippen molar-refractivity contribution in [3.8, 4) is 0 Å². The fourth-order valence-corrected chi connectivity index (χ4v) is 3.30. The van der Waals surface area contributed by atoms with E-state index in [1.165, 1.54) is 12.8 Å². The van der Waals surface area contributed by atoms with Gasteiger partial charge in [-0.1, -0.05) is 19.8 Å². The fourth-order valence-electron chi connectivity index (χ4n) is 3.30. The van der Waals surface area contributed by atoms with Crippen LogP contribution in [0.1, 0.15) is 59.3 Å². The molecule has 0 bridgehead atoms. The second-order valence-corrected chi connectivity index (χ2v) is 7.21. The molecule has 2 atom stereocenters. The Bertz CT molecular complexity index is 406. The molecule has 2 N–H and O–H groups in total. The number of hydrogen-bond acceptors (Lipinski definition) is 2. The highest BCUT2D eigenvalue weighted by Gasteiger charge is 2.44. The van der Waals surface area contributed by atoms with Gasteiger partial charge in [0.15, 0.2) is 0 Å². The maximum Gasteiger partial charge on any atom is 0.329 e. The quantitative estimate of drug-likeness (QED) is 0.819. The lowest BCUT2D eigenvalue weighted by Gasteiger charge is -2.39. The molecule has 0 heterocycles. The summed E-state index contributed by atoms with van der Waals surface area (Å²) in [6.07, 6.45) is 5.32. The predicted molar refractivity (Wildman–Crippen MR) is 81.1 cm³/mol. The van der Waals surface area contributed by atoms with E-state index in [1.54, 1.807) is 4.90 Å². The van der Waals surface area contributed by atoms with E-state index < -0.39 is 11.5 Å². The number of urea groups is 1. The van der Waals surface area contributed by atoms with Gasteiger partial charge in [-0.05, 0) is 51.4 Å². The molecule has 0 saturated heterocycles. The molecular weight excluding hydrogens is 268 g/mol. The number of nitrogens with one attached hydrogen (secondary N) is 1. The number of rotatable bonds is 5. The maximum absolute atomic E-state index is 12.6. The number of carboxylic acids is 1. The number of carboxylic acid groups (broad SMARTS) is 1. The maximum atomic E-state index is 12.6. The van der Waals surface area contributed by atoms with Crippen molar-refractivity contribution < 1.29 is 14.7 Å². The third-order valence-electron chi connectivity index (χ3n) is 4.79. The van der Waals surface area contributed by atoms with E-state index in [9.17, 15) is 14.7 Å². The van der Waals surface area contributed by atoms with Crippen molar-refractivity contribution in [1.82, 2.24) is 10.2 Å². The van der Waals surface area contributed by atoms with Gasteiger partial charge in [-0.25, -0.2) is 9.59 Å². The highest BCUT2D eigenvalue weighted by molar-refractivity contribution is 5.86. The molecule has 2 aliphatic rings. The zero-order valence-electron chi connectivity index (χ0n) is 13.4. The lowest BCUT2D eigenvalue weighted by atomic mass is 9.76. The molecule has 5 heteroatoms. The molecule has 2 unspecified atom stereocenters. The van der Waals surface area contributed by atoms with Gasteiger partial charge < -0.3 is 15.3 Å². The van der Waals surface area contributed by atoms with Crippen molar-refractivity contribution in [3.63, 3.8) is 0 Å². The smallest absolute Gasteiger partial charge is 0.329 e. The van der Waals surface area contributed by atoms with Gasteiger partial charge in [0.05, 0.1) is 0 Å². The molecule has 2 aliphatic carbocycles. The monoisotopic (exact) mass is 296 g/mol. The average molecular weight is 296 g/mol. The number of aliphatic carboxylic acids is 1. The zero-order valence-corrected chi connectivity index (χ0v) is 13.4. The molecular formula is C16H28N2O3. The van der Waals surface area contributed by atoms with Crippen LogP contribution in [0.15, 0.2) is 0 Å². The molecule has 2 saturated carbocycles. The van der Waals surface area contributed by atoms with Gasteiger partial charge in [0, 0.05) is 12.6 Å². The van der Waals surface area contributed by atoms with Crippen LogP contribution in [0.2, 0.25) is 0 Å². The summed E-state index contributed by atoms with van der Waals surface area (Å²) in [4.78, 5) is 26.1. The van der Waals surface area contributed by atoms with Crippen LogP contribution >= 0.6 is 0 Å². The van der Waals surface area contributed by atoms with Crippen molar-refractivity contribution in [2.75, 3.05) is 6.54 Å². The molecule has 2 rings (SSSR count). The summed E-state index contributed by atoms with van der Waals surface area (Å²) in [5, 5.41) is 12.5. The van der Waals surface area contributed by atoms with Gasteiger partial charge in [0.1, 0.15) is 5.54 Å². The molecule has 0 aromatic heterocycles. The lowest BCUT2D eigenvalue weighted by molar-refractivity contribution is -0.146. The summed E-state index contributed by atoms with van der Waals surface area (Å²) in [5.41, 5.74) is -1.08. The normalized spacial score (nSPS) is 29.2. The van der Waals surface area contributed by atoms with E-state index in [4.69, 9.17) is 0 Å². The molecule has 0 radical (unpaired) electrons. The summed E-state index contributed by atoms with van der Waals surface area (Å²) in [6.45, 7) is 6.78. The number of carbonyl (C=O) groups is 2. The first-order valence-corrected chi connectivity index (χ1v) is 8.16. The summed E-state index contributed by atoms with van der Waals surface area (Å²) in [5.74, 6) is 0.0489. The molecule has 0 spiro atoms. The minimum absolute atomic E-state index is 0.0949. The summed E-state index contributed by atoms with van der Waals surface area (Å²) >= 11 is 0. The summed E-state index contributed by atoms with van der Waals surface area (Å²) < 4.78 is 0. The SMILES string of the molecule is CC1CCCC(NC(=O)N(CC2CC2)C(C)C)(C(=O)O)C1. The number of nitrogens with zero attached hydrogens (tertiary/aromatic N) is 1. The third kappa shape index (κ3) is 3.89. The van der Waals surface area contributed by atoms with Gasteiger partial charge in [-0.2, -0.15) is 0 Å². The number of hydrogen-bond donors (Lipinski definition) is 2. The fraction of sp³-hybridized carbons (Fsp3) is 0.875. The molecule has 120 valence electrons. The highest BCUT2D eigenvalue weighted by atomic mass is 16.4. The minimum atomic E-state index is -1.08. The van der Waals surface area contributed by atoms with Gasteiger partial charge in [0.2, 0.25) is 0 Å². The first-order valence-electron chi connectivity index (χ1n) is 8.16. The van der Waals surface area contributed by atoms with Crippen molar-refractivity contribution >= 4 is 12.0 Å². The van der Waals surface area contributed by atoms with E-state index in [1.807, 2.05) is 13.8 Å². The second-order valence-electron chi connectivity index (χ2n) is 7.21. The Morgan fingerprint density at radius 1 is 1.33 bits per heavy atom. The van der Waals surface area contributed by atoms with Gasteiger partial charge >= 0.3 is 12.0 Å². The first-order chi connectivity index (χ1) is 9.84. The van der Waals surface area contributed by atoms with Crippen molar-refractivity contribution in [2.45, 2.75) is 70.9 Å². The number of amides is 2. The van der Waals surface area contributed by atoms with Gasteiger partial charge in [0.25, 0.3) is 0 Å². The van der Waals surface area contributed by atoms with Crippen LogP contribution in [0.4, 0.5) is 4.79 Å². The molecule has 21 heavy (non-hydrogen) atoms. The standard InChI is InChI=1S/C16H28N2O3/c1-11(2)18(10-13-6-7-13)15(21)17-16(14(19)20)8-4-5-12(3)9-16/h11-13H,4-10H2,1-3H3,(H,17,21)(H,19,20). The van der Waals surface area contributed by atoms with Gasteiger partial charge in [-0.15, -0.1) is 0 Å². The largest absolute Gasteiger partial charge is 0.480 e. The van der Waals surface area contributed by atoms with Crippen LogP contribution in [0.3, 0.4) is 0 Å².